The smallest absolute Gasteiger partial charge is 0.339 e. The summed E-state index contributed by atoms with van der Waals surface area (Å²) >= 11 is 0. The van der Waals surface area contributed by atoms with Gasteiger partial charge in [0.05, 0.1) is 16.8 Å². The van der Waals surface area contributed by atoms with Crippen LogP contribution in [0.15, 0.2) is 35.4 Å². The third-order valence-electron chi connectivity index (χ3n) is 2.92. The second-order valence-electron chi connectivity index (χ2n) is 4.47. The van der Waals surface area contributed by atoms with Gasteiger partial charge in [0.2, 0.25) is 0 Å². The standard InChI is InChI=1S/C13H14N2O5S/c1-15-12(11(7-14-15)13(16)17)8-20-9-3-5-10(6-4-9)21(2,18)19/h3-7H,8H2,1-2H3,(H,16,17). The molecule has 0 aliphatic rings. The predicted octanol–water partition coefficient (Wildman–Crippen LogP) is 1.10. The van der Waals surface area contributed by atoms with Gasteiger partial charge in [-0.2, -0.15) is 5.10 Å². The fourth-order valence-corrected chi connectivity index (χ4v) is 2.38. The molecular formula is C13H14N2O5S. The summed E-state index contributed by atoms with van der Waals surface area (Å²) < 4.78 is 29.6. The van der Waals surface area contributed by atoms with E-state index in [4.69, 9.17) is 9.84 Å². The number of carbonyl (C=O) groups is 1. The van der Waals surface area contributed by atoms with E-state index in [0.29, 0.717) is 11.4 Å². The maximum Gasteiger partial charge on any atom is 0.339 e. The summed E-state index contributed by atoms with van der Waals surface area (Å²) in [6, 6.07) is 5.92. The molecule has 112 valence electrons. The number of nitrogens with zero attached hydrogens (tertiary/aromatic N) is 2. The molecule has 0 bridgehead atoms. The third-order valence-corrected chi connectivity index (χ3v) is 4.05. The van der Waals surface area contributed by atoms with E-state index in [1.807, 2.05) is 0 Å². The summed E-state index contributed by atoms with van der Waals surface area (Å²) in [5.74, 6) is -0.630. The number of sulfone groups is 1. The van der Waals surface area contributed by atoms with Crippen LogP contribution in [-0.4, -0.2) is 35.5 Å². The normalized spacial score (nSPS) is 11.3. The summed E-state index contributed by atoms with van der Waals surface area (Å²) in [4.78, 5) is 11.2. The molecule has 2 rings (SSSR count). The quantitative estimate of drug-likeness (QED) is 0.888. The van der Waals surface area contributed by atoms with Crippen molar-refractivity contribution in [1.29, 1.82) is 0 Å². The Morgan fingerprint density at radius 1 is 1.33 bits per heavy atom. The van der Waals surface area contributed by atoms with Crippen LogP contribution in [0.4, 0.5) is 0 Å². The van der Waals surface area contributed by atoms with Crippen molar-refractivity contribution in [1.82, 2.24) is 9.78 Å². The van der Waals surface area contributed by atoms with Gasteiger partial charge in [0.25, 0.3) is 0 Å². The lowest BCUT2D eigenvalue weighted by molar-refractivity contribution is 0.0693. The summed E-state index contributed by atoms with van der Waals surface area (Å²) in [5, 5.41) is 12.9. The zero-order valence-electron chi connectivity index (χ0n) is 11.5. The van der Waals surface area contributed by atoms with E-state index >= 15 is 0 Å². The van der Waals surface area contributed by atoms with E-state index in [2.05, 4.69) is 5.10 Å². The minimum atomic E-state index is -3.25. The number of benzene rings is 1. The molecule has 7 nitrogen and oxygen atoms in total. The highest BCUT2D eigenvalue weighted by Gasteiger charge is 2.15. The SMILES string of the molecule is Cn1ncc(C(=O)O)c1COc1ccc(S(C)(=O)=O)cc1. The molecule has 2 aromatic rings. The number of carboxylic acid groups (broad SMARTS) is 1. The van der Waals surface area contributed by atoms with Crippen LogP contribution < -0.4 is 4.74 Å². The lowest BCUT2D eigenvalue weighted by atomic mass is 10.2. The summed E-state index contributed by atoms with van der Waals surface area (Å²) in [5.41, 5.74) is 0.500. The number of rotatable bonds is 5. The lowest BCUT2D eigenvalue weighted by Crippen LogP contribution is -2.08. The molecule has 0 saturated heterocycles. The van der Waals surface area contributed by atoms with Gasteiger partial charge in [0, 0.05) is 13.3 Å². The molecule has 0 spiro atoms. The number of aryl methyl sites for hydroxylation is 1. The first-order valence-electron chi connectivity index (χ1n) is 5.96. The van der Waals surface area contributed by atoms with Crippen LogP contribution in [0.5, 0.6) is 5.75 Å². The molecule has 0 amide bonds. The van der Waals surface area contributed by atoms with E-state index in [9.17, 15) is 13.2 Å². The van der Waals surface area contributed by atoms with Crippen LogP contribution in [0.1, 0.15) is 16.1 Å². The highest BCUT2D eigenvalue weighted by molar-refractivity contribution is 7.90. The van der Waals surface area contributed by atoms with Crippen molar-refractivity contribution in [2.24, 2.45) is 7.05 Å². The van der Waals surface area contributed by atoms with Crippen molar-refractivity contribution in [3.8, 4) is 5.75 Å². The van der Waals surface area contributed by atoms with Gasteiger partial charge in [0.15, 0.2) is 9.84 Å². The van der Waals surface area contributed by atoms with Crippen molar-refractivity contribution >= 4 is 15.8 Å². The van der Waals surface area contributed by atoms with Crippen LogP contribution in [0.2, 0.25) is 0 Å². The molecular weight excluding hydrogens is 296 g/mol. The molecule has 1 aromatic heterocycles. The monoisotopic (exact) mass is 310 g/mol. The van der Waals surface area contributed by atoms with Gasteiger partial charge in [0.1, 0.15) is 17.9 Å². The molecule has 0 aliphatic carbocycles. The minimum absolute atomic E-state index is 0.0242. The first kappa shape index (κ1) is 15.0. The Balaban J connectivity index is 2.14. The Morgan fingerprint density at radius 3 is 2.48 bits per heavy atom. The van der Waals surface area contributed by atoms with Crippen molar-refractivity contribution in [2.45, 2.75) is 11.5 Å². The van der Waals surface area contributed by atoms with E-state index in [0.717, 1.165) is 6.26 Å². The fraction of sp³-hybridized carbons (Fsp3) is 0.231. The van der Waals surface area contributed by atoms with Gasteiger partial charge in [-0.05, 0) is 24.3 Å². The van der Waals surface area contributed by atoms with E-state index in [-0.39, 0.29) is 17.1 Å². The Kier molecular flexibility index (Phi) is 3.99. The number of aromatic nitrogens is 2. The van der Waals surface area contributed by atoms with Crippen molar-refractivity contribution in [3.63, 3.8) is 0 Å². The van der Waals surface area contributed by atoms with E-state index < -0.39 is 15.8 Å². The average Bonchev–Trinajstić information content (AvgIpc) is 2.77. The van der Waals surface area contributed by atoms with Crippen molar-refractivity contribution in [2.75, 3.05) is 6.26 Å². The average molecular weight is 310 g/mol. The topological polar surface area (TPSA) is 98.5 Å². The highest BCUT2D eigenvalue weighted by Crippen LogP contribution is 2.18. The van der Waals surface area contributed by atoms with Crippen LogP contribution in [-0.2, 0) is 23.5 Å². The predicted molar refractivity (Wildman–Crippen MR) is 74.1 cm³/mol. The summed E-state index contributed by atoms with van der Waals surface area (Å²) in [7, 11) is -1.63. The first-order valence-corrected chi connectivity index (χ1v) is 7.85. The Morgan fingerprint density at radius 2 is 1.95 bits per heavy atom. The van der Waals surface area contributed by atoms with Crippen molar-refractivity contribution < 1.29 is 23.1 Å². The van der Waals surface area contributed by atoms with Crippen LogP contribution >= 0.6 is 0 Å². The summed E-state index contributed by atoms with van der Waals surface area (Å²) in [6.45, 7) is 0.0242. The van der Waals surface area contributed by atoms with Crippen LogP contribution in [0.25, 0.3) is 0 Å². The molecule has 21 heavy (non-hydrogen) atoms. The zero-order chi connectivity index (χ0) is 15.6. The maximum atomic E-state index is 11.3. The Hall–Kier alpha value is -2.35. The maximum absolute atomic E-state index is 11.3. The van der Waals surface area contributed by atoms with E-state index in [1.54, 1.807) is 7.05 Å². The third kappa shape index (κ3) is 3.40. The Bertz CT molecular complexity index is 762. The molecule has 1 aromatic carbocycles. The van der Waals surface area contributed by atoms with Gasteiger partial charge >= 0.3 is 5.97 Å². The van der Waals surface area contributed by atoms with Crippen molar-refractivity contribution in [3.05, 3.63) is 41.7 Å². The minimum Gasteiger partial charge on any atom is -0.487 e. The second kappa shape index (κ2) is 5.57. The molecule has 1 heterocycles. The molecule has 0 radical (unpaired) electrons. The van der Waals surface area contributed by atoms with Gasteiger partial charge in [-0.3, -0.25) is 4.68 Å². The number of hydrogen-bond donors (Lipinski definition) is 1. The first-order chi connectivity index (χ1) is 9.79. The largest absolute Gasteiger partial charge is 0.487 e. The number of aromatic carboxylic acids is 1. The molecule has 0 fully saturated rings. The summed E-state index contributed by atoms with van der Waals surface area (Å²) in [6.07, 6.45) is 2.38. The molecule has 1 N–H and O–H groups in total. The molecule has 0 saturated carbocycles. The van der Waals surface area contributed by atoms with Gasteiger partial charge in [-0.1, -0.05) is 0 Å². The number of hydrogen-bond acceptors (Lipinski definition) is 5. The van der Waals surface area contributed by atoms with Gasteiger partial charge in [-0.25, -0.2) is 13.2 Å². The highest BCUT2D eigenvalue weighted by atomic mass is 32.2. The molecule has 0 atom stereocenters. The number of carboxylic acids is 1. The fourth-order valence-electron chi connectivity index (χ4n) is 1.75. The lowest BCUT2D eigenvalue weighted by Gasteiger charge is -2.08. The number of ether oxygens (including phenoxy) is 1. The van der Waals surface area contributed by atoms with E-state index in [1.165, 1.54) is 35.1 Å². The Labute approximate surface area is 121 Å². The van der Waals surface area contributed by atoms with Crippen LogP contribution in [0.3, 0.4) is 0 Å². The van der Waals surface area contributed by atoms with Gasteiger partial charge in [-0.15, -0.1) is 0 Å². The molecule has 0 aliphatic heterocycles. The molecule has 8 heteroatoms. The van der Waals surface area contributed by atoms with Crippen LogP contribution in [0, 0.1) is 0 Å². The zero-order valence-corrected chi connectivity index (χ0v) is 12.3. The second-order valence-corrected chi connectivity index (χ2v) is 6.48. The van der Waals surface area contributed by atoms with Gasteiger partial charge < -0.3 is 9.84 Å². The molecule has 0 unspecified atom stereocenters.